The first-order valence-corrected chi connectivity index (χ1v) is 8.08. The normalized spacial score (nSPS) is 15.9. The van der Waals surface area contributed by atoms with Crippen molar-refractivity contribution in [1.82, 2.24) is 20.4 Å². The smallest absolute Gasteiger partial charge is 0.273 e. The van der Waals surface area contributed by atoms with Crippen LogP contribution in [0, 0.1) is 6.92 Å². The molecule has 2 aromatic rings. The number of hydrogen-bond donors (Lipinski definition) is 1. The summed E-state index contributed by atoms with van der Waals surface area (Å²) in [4.78, 5) is 18.6. The molecule has 22 heavy (non-hydrogen) atoms. The van der Waals surface area contributed by atoms with Crippen LogP contribution in [0.2, 0.25) is 0 Å². The summed E-state index contributed by atoms with van der Waals surface area (Å²) in [6.07, 6.45) is 0. The molecule has 0 saturated carbocycles. The van der Waals surface area contributed by atoms with Gasteiger partial charge in [0.2, 0.25) is 0 Å². The predicted octanol–water partition coefficient (Wildman–Crippen LogP) is 1.17. The van der Waals surface area contributed by atoms with E-state index in [1.54, 1.807) is 6.07 Å². The van der Waals surface area contributed by atoms with Gasteiger partial charge in [-0.2, -0.15) is 0 Å². The molecule has 1 fully saturated rings. The molecular formula is C14H18N4O3S. The second-order valence-corrected chi connectivity index (χ2v) is 6.10. The molecule has 118 valence electrons. The van der Waals surface area contributed by atoms with Crippen LogP contribution in [0.15, 0.2) is 16.0 Å². The second-order valence-electron chi connectivity index (χ2n) is 5.04. The van der Waals surface area contributed by atoms with Crippen LogP contribution < -0.4 is 5.32 Å². The summed E-state index contributed by atoms with van der Waals surface area (Å²) in [5.41, 5.74) is 0.991. The number of amides is 1. The molecule has 8 heteroatoms. The molecule has 7 nitrogen and oxygen atoms in total. The third-order valence-corrected chi connectivity index (χ3v) is 4.21. The largest absolute Gasteiger partial charge is 0.379 e. The molecule has 0 spiro atoms. The Morgan fingerprint density at radius 3 is 3.00 bits per heavy atom. The van der Waals surface area contributed by atoms with E-state index in [1.807, 2.05) is 12.3 Å². The molecule has 3 heterocycles. The topological polar surface area (TPSA) is 80.5 Å². The van der Waals surface area contributed by atoms with Crippen LogP contribution in [0.4, 0.5) is 0 Å². The minimum absolute atomic E-state index is 0.227. The minimum Gasteiger partial charge on any atom is -0.379 e. The van der Waals surface area contributed by atoms with E-state index in [0.717, 1.165) is 37.9 Å². The maximum atomic E-state index is 12.0. The highest BCUT2D eigenvalue weighted by Crippen LogP contribution is 2.22. The summed E-state index contributed by atoms with van der Waals surface area (Å²) in [5, 5.41) is 9.50. The first-order valence-electron chi connectivity index (χ1n) is 7.20. The molecule has 0 unspecified atom stereocenters. The Balaban J connectivity index is 1.51. The summed E-state index contributed by atoms with van der Waals surface area (Å²) < 4.78 is 10.5. The summed E-state index contributed by atoms with van der Waals surface area (Å²) in [5.74, 6) is 0.290. The molecule has 0 atom stereocenters. The van der Waals surface area contributed by atoms with E-state index < -0.39 is 0 Å². The Labute approximate surface area is 132 Å². The highest BCUT2D eigenvalue weighted by molar-refractivity contribution is 7.09. The van der Waals surface area contributed by atoms with Crippen molar-refractivity contribution in [3.05, 3.63) is 22.1 Å². The fourth-order valence-electron chi connectivity index (χ4n) is 2.22. The Morgan fingerprint density at radius 1 is 1.45 bits per heavy atom. The van der Waals surface area contributed by atoms with Gasteiger partial charge in [0.25, 0.3) is 5.91 Å². The maximum Gasteiger partial charge on any atom is 0.273 e. The van der Waals surface area contributed by atoms with Crippen molar-refractivity contribution >= 4 is 17.2 Å². The van der Waals surface area contributed by atoms with Crippen LogP contribution >= 0.6 is 11.3 Å². The molecule has 0 aliphatic carbocycles. The van der Waals surface area contributed by atoms with Crippen LogP contribution in [0.3, 0.4) is 0 Å². The minimum atomic E-state index is -0.227. The zero-order valence-electron chi connectivity index (χ0n) is 12.4. The number of ether oxygens (including phenoxy) is 1. The van der Waals surface area contributed by atoms with Crippen molar-refractivity contribution in [2.24, 2.45) is 0 Å². The van der Waals surface area contributed by atoms with Crippen molar-refractivity contribution in [3.8, 4) is 11.5 Å². The number of aromatic nitrogens is 2. The van der Waals surface area contributed by atoms with Crippen molar-refractivity contribution in [3.63, 3.8) is 0 Å². The van der Waals surface area contributed by atoms with Crippen molar-refractivity contribution < 1.29 is 14.1 Å². The van der Waals surface area contributed by atoms with E-state index in [9.17, 15) is 4.79 Å². The molecule has 1 aliphatic heterocycles. The van der Waals surface area contributed by atoms with Gasteiger partial charge in [-0.15, -0.1) is 11.3 Å². The predicted molar refractivity (Wildman–Crippen MR) is 81.9 cm³/mol. The van der Waals surface area contributed by atoms with Gasteiger partial charge in [-0.1, -0.05) is 5.16 Å². The molecule has 0 aromatic carbocycles. The summed E-state index contributed by atoms with van der Waals surface area (Å²) >= 11 is 1.53. The van der Waals surface area contributed by atoms with Gasteiger partial charge in [0.1, 0.15) is 5.69 Å². The lowest BCUT2D eigenvalue weighted by atomic mass is 10.3. The molecule has 2 aromatic heterocycles. The van der Waals surface area contributed by atoms with Crippen LogP contribution in [0.1, 0.15) is 15.5 Å². The summed E-state index contributed by atoms with van der Waals surface area (Å²) in [6.45, 7) is 6.65. The molecule has 0 bridgehead atoms. The van der Waals surface area contributed by atoms with Gasteiger partial charge >= 0.3 is 0 Å². The standard InChI is InChI=1S/C14H18N4O3S/c1-10-16-12(9-22-10)13-8-11(17-21-13)14(19)15-2-3-18-4-6-20-7-5-18/h8-9H,2-7H2,1H3,(H,15,19). The lowest BCUT2D eigenvalue weighted by molar-refractivity contribution is 0.0383. The number of rotatable bonds is 5. The lowest BCUT2D eigenvalue weighted by Crippen LogP contribution is -2.41. The van der Waals surface area contributed by atoms with Crippen molar-refractivity contribution in [1.29, 1.82) is 0 Å². The average Bonchev–Trinajstić information content (AvgIpc) is 3.17. The van der Waals surface area contributed by atoms with Gasteiger partial charge in [0.15, 0.2) is 11.5 Å². The van der Waals surface area contributed by atoms with E-state index in [-0.39, 0.29) is 11.6 Å². The molecule has 1 N–H and O–H groups in total. The third kappa shape index (κ3) is 3.70. The van der Waals surface area contributed by atoms with E-state index in [0.29, 0.717) is 18.0 Å². The van der Waals surface area contributed by atoms with Crippen LogP contribution in [0.5, 0.6) is 0 Å². The van der Waals surface area contributed by atoms with Gasteiger partial charge < -0.3 is 14.6 Å². The molecule has 1 amide bonds. The number of nitrogens with one attached hydrogen (secondary N) is 1. The van der Waals surface area contributed by atoms with Crippen molar-refractivity contribution in [2.45, 2.75) is 6.92 Å². The Morgan fingerprint density at radius 2 is 2.27 bits per heavy atom. The molecule has 0 radical (unpaired) electrons. The SMILES string of the molecule is Cc1nc(-c2cc(C(=O)NCCN3CCOCC3)no2)cs1. The van der Waals surface area contributed by atoms with E-state index in [1.165, 1.54) is 11.3 Å². The Hall–Kier alpha value is -1.77. The van der Waals surface area contributed by atoms with Gasteiger partial charge in [-0.05, 0) is 6.92 Å². The van der Waals surface area contributed by atoms with Crippen LogP contribution in [0.25, 0.3) is 11.5 Å². The lowest BCUT2D eigenvalue weighted by Gasteiger charge is -2.26. The van der Waals surface area contributed by atoms with E-state index in [2.05, 4.69) is 20.4 Å². The molecular weight excluding hydrogens is 304 g/mol. The van der Waals surface area contributed by atoms with E-state index in [4.69, 9.17) is 9.26 Å². The van der Waals surface area contributed by atoms with Gasteiger partial charge in [-0.25, -0.2) is 4.98 Å². The quantitative estimate of drug-likeness (QED) is 0.890. The fraction of sp³-hybridized carbons (Fsp3) is 0.500. The number of aryl methyl sites for hydroxylation is 1. The highest BCUT2D eigenvalue weighted by atomic mass is 32.1. The Bertz CT molecular complexity index is 634. The molecule has 3 rings (SSSR count). The number of hydrogen-bond acceptors (Lipinski definition) is 7. The number of morpholine rings is 1. The zero-order chi connectivity index (χ0) is 15.4. The van der Waals surface area contributed by atoms with Crippen molar-refractivity contribution in [2.75, 3.05) is 39.4 Å². The van der Waals surface area contributed by atoms with Crippen LogP contribution in [-0.4, -0.2) is 60.3 Å². The number of nitrogens with zero attached hydrogens (tertiary/aromatic N) is 3. The van der Waals surface area contributed by atoms with Gasteiger partial charge in [0.05, 0.1) is 18.2 Å². The first-order chi connectivity index (χ1) is 10.7. The van der Waals surface area contributed by atoms with E-state index >= 15 is 0 Å². The zero-order valence-corrected chi connectivity index (χ0v) is 13.2. The number of thiazole rings is 1. The molecule has 1 aliphatic rings. The van der Waals surface area contributed by atoms with Crippen LogP contribution in [-0.2, 0) is 4.74 Å². The second kappa shape index (κ2) is 6.99. The molecule has 1 saturated heterocycles. The maximum absolute atomic E-state index is 12.0. The fourth-order valence-corrected chi connectivity index (χ4v) is 2.82. The summed E-state index contributed by atoms with van der Waals surface area (Å²) in [7, 11) is 0. The monoisotopic (exact) mass is 322 g/mol. The summed E-state index contributed by atoms with van der Waals surface area (Å²) in [6, 6.07) is 1.62. The number of carbonyl (C=O) groups excluding carboxylic acids is 1. The van der Waals surface area contributed by atoms with Gasteiger partial charge in [0, 0.05) is 37.6 Å². The highest BCUT2D eigenvalue weighted by Gasteiger charge is 2.16. The average molecular weight is 322 g/mol. The third-order valence-electron chi connectivity index (χ3n) is 3.43. The number of carbonyl (C=O) groups is 1. The first kappa shape index (κ1) is 15.1. The Kier molecular flexibility index (Phi) is 4.81. The van der Waals surface area contributed by atoms with Gasteiger partial charge in [-0.3, -0.25) is 9.69 Å².